The predicted octanol–water partition coefficient (Wildman–Crippen LogP) is 2.76. The summed E-state index contributed by atoms with van der Waals surface area (Å²) < 4.78 is 31.9. The van der Waals surface area contributed by atoms with Crippen molar-refractivity contribution in [3.05, 3.63) is 59.7 Å². The zero-order valence-electron chi connectivity index (χ0n) is 15.2. The van der Waals surface area contributed by atoms with Crippen molar-refractivity contribution in [3.63, 3.8) is 0 Å². The van der Waals surface area contributed by atoms with E-state index in [0.29, 0.717) is 17.8 Å². The van der Waals surface area contributed by atoms with E-state index in [0.717, 1.165) is 5.56 Å². The Labute approximate surface area is 154 Å². The van der Waals surface area contributed by atoms with Crippen molar-refractivity contribution in [3.8, 4) is 0 Å². The van der Waals surface area contributed by atoms with Gasteiger partial charge in [0.05, 0.1) is 16.9 Å². The van der Waals surface area contributed by atoms with E-state index in [1.54, 1.807) is 50.3 Å². The van der Waals surface area contributed by atoms with Gasteiger partial charge in [-0.25, -0.2) is 13.2 Å². The second kappa shape index (κ2) is 8.31. The molecule has 1 heterocycles. The lowest BCUT2D eigenvalue weighted by Crippen LogP contribution is -2.36. The number of sulfonamides is 1. The summed E-state index contributed by atoms with van der Waals surface area (Å²) >= 11 is 0. The number of benzene rings is 1. The molecule has 1 aliphatic heterocycles. The minimum atomic E-state index is -3.48. The van der Waals surface area contributed by atoms with E-state index in [2.05, 4.69) is 9.71 Å². The van der Waals surface area contributed by atoms with Gasteiger partial charge in [-0.05, 0) is 32.9 Å². The Morgan fingerprint density at radius 2 is 2.00 bits per heavy atom. The number of carbonyl (C=O) groups excluding carboxylic acids is 1. The molecular weight excluding hydrogens is 352 g/mol. The molecule has 0 radical (unpaired) electrons. The van der Waals surface area contributed by atoms with Crippen molar-refractivity contribution in [2.45, 2.75) is 32.7 Å². The Morgan fingerprint density at radius 1 is 1.27 bits per heavy atom. The van der Waals surface area contributed by atoms with Crippen LogP contribution < -0.4 is 4.72 Å². The maximum absolute atomic E-state index is 12.2. The number of carbonyl (C=O) groups is 1. The molecule has 6 nitrogen and oxygen atoms in total. The number of hydrogen-bond donors (Lipinski definition) is 1. The minimum absolute atomic E-state index is 0.0347. The normalized spacial score (nSPS) is 21.0. The molecule has 1 aromatic carbocycles. The minimum Gasteiger partial charge on any atom is -0.460 e. The molecule has 0 saturated heterocycles. The smallest absolute Gasteiger partial charge is 0.338 e. The van der Waals surface area contributed by atoms with Crippen molar-refractivity contribution >= 4 is 21.8 Å². The van der Waals surface area contributed by atoms with E-state index in [1.807, 2.05) is 19.1 Å². The van der Waals surface area contributed by atoms with Gasteiger partial charge in [-0.2, -0.15) is 0 Å². The summed E-state index contributed by atoms with van der Waals surface area (Å²) in [6.07, 6.45) is 7.20. The van der Waals surface area contributed by atoms with Crippen LogP contribution in [0.1, 0.15) is 36.2 Å². The molecule has 140 valence electrons. The summed E-state index contributed by atoms with van der Waals surface area (Å²) in [4.78, 5) is 16.6. The number of esters is 1. The van der Waals surface area contributed by atoms with Gasteiger partial charge in [-0.15, -0.1) is 0 Å². The van der Waals surface area contributed by atoms with Crippen molar-refractivity contribution in [1.29, 1.82) is 0 Å². The molecule has 0 aliphatic carbocycles. The molecule has 7 heteroatoms. The van der Waals surface area contributed by atoms with Gasteiger partial charge in [0, 0.05) is 6.42 Å². The molecule has 1 aliphatic rings. The van der Waals surface area contributed by atoms with E-state index in [9.17, 15) is 13.2 Å². The van der Waals surface area contributed by atoms with Gasteiger partial charge in [-0.1, -0.05) is 42.0 Å². The Hall–Kier alpha value is -2.41. The first-order chi connectivity index (χ1) is 12.2. The first-order valence-corrected chi connectivity index (χ1v) is 9.97. The highest BCUT2D eigenvalue weighted by molar-refractivity contribution is 7.90. The van der Waals surface area contributed by atoms with Gasteiger partial charge in [0.15, 0.2) is 0 Å². The Bertz CT molecular complexity index is 852. The Morgan fingerprint density at radius 3 is 2.73 bits per heavy atom. The Kier molecular flexibility index (Phi) is 6.37. The molecule has 0 bridgehead atoms. The quantitative estimate of drug-likeness (QED) is 0.819. The van der Waals surface area contributed by atoms with Gasteiger partial charge in [-0.3, -0.25) is 9.71 Å². The van der Waals surface area contributed by atoms with Crippen LogP contribution in [0.2, 0.25) is 0 Å². The van der Waals surface area contributed by atoms with Crippen LogP contribution in [0.4, 0.5) is 0 Å². The summed E-state index contributed by atoms with van der Waals surface area (Å²) in [7, 11) is -3.48. The summed E-state index contributed by atoms with van der Waals surface area (Å²) in [6, 6.07) is 7.15. The van der Waals surface area contributed by atoms with Gasteiger partial charge in [0.1, 0.15) is 12.4 Å². The zero-order valence-corrected chi connectivity index (χ0v) is 16.0. The highest BCUT2D eigenvalue weighted by Crippen LogP contribution is 2.14. The van der Waals surface area contributed by atoms with Crippen molar-refractivity contribution in [1.82, 2.24) is 4.72 Å². The maximum atomic E-state index is 12.2. The third-order valence-corrected chi connectivity index (χ3v) is 4.71. The fraction of sp³-hybridized carbons (Fsp3) is 0.368. The van der Waals surface area contributed by atoms with Crippen LogP contribution >= 0.6 is 0 Å². The third-order valence-electron chi connectivity index (χ3n) is 3.53. The predicted molar refractivity (Wildman–Crippen MR) is 103 cm³/mol. The fourth-order valence-electron chi connectivity index (χ4n) is 2.35. The van der Waals surface area contributed by atoms with Crippen LogP contribution in [0.15, 0.2) is 53.6 Å². The molecule has 0 aromatic heterocycles. The van der Waals surface area contributed by atoms with Crippen molar-refractivity contribution in [2.75, 3.05) is 12.4 Å². The van der Waals surface area contributed by atoms with Crippen LogP contribution in [0, 0.1) is 6.92 Å². The number of rotatable bonds is 4. The number of ether oxygens (including phenoxy) is 1. The molecule has 0 saturated carbocycles. The zero-order chi connectivity index (χ0) is 19.2. The van der Waals surface area contributed by atoms with Crippen LogP contribution in [0.25, 0.3) is 0 Å². The number of allylic oxidation sites excluding steroid dienone is 2. The van der Waals surface area contributed by atoms with E-state index in [1.165, 1.54) is 0 Å². The Balaban J connectivity index is 2.08. The molecular formula is C19H24N2O4S. The van der Waals surface area contributed by atoms with Gasteiger partial charge < -0.3 is 4.74 Å². The largest absolute Gasteiger partial charge is 0.460 e. The highest BCUT2D eigenvalue weighted by Gasteiger charge is 2.22. The molecule has 0 fully saturated rings. The van der Waals surface area contributed by atoms with Crippen LogP contribution in [0.3, 0.4) is 0 Å². The average molecular weight is 376 g/mol. The second-order valence-electron chi connectivity index (χ2n) is 6.76. The first kappa shape index (κ1) is 19.9. The van der Waals surface area contributed by atoms with Crippen LogP contribution in [-0.2, 0) is 14.8 Å². The number of amidine groups is 1. The second-order valence-corrected chi connectivity index (χ2v) is 8.53. The van der Waals surface area contributed by atoms with Gasteiger partial charge in [0.25, 0.3) is 0 Å². The monoisotopic (exact) mass is 376 g/mol. The summed E-state index contributed by atoms with van der Waals surface area (Å²) in [5, 5.41) is 0. The number of nitrogens with zero attached hydrogens (tertiary/aromatic N) is 1. The molecule has 2 rings (SSSR count). The van der Waals surface area contributed by atoms with Gasteiger partial charge in [0.2, 0.25) is 10.0 Å². The van der Waals surface area contributed by atoms with E-state index >= 15 is 0 Å². The lowest BCUT2D eigenvalue weighted by atomic mass is 10.1. The summed E-state index contributed by atoms with van der Waals surface area (Å²) in [5.41, 5.74) is 0.678. The van der Waals surface area contributed by atoms with E-state index in [4.69, 9.17) is 4.74 Å². The lowest BCUT2D eigenvalue weighted by molar-refractivity contribution is 0.0434. The molecule has 1 aromatic rings. The summed E-state index contributed by atoms with van der Waals surface area (Å²) in [5.74, 6) is -0.221. The lowest BCUT2D eigenvalue weighted by Gasteiger charge is -2.21. The first-order valence-electron chi connectivity index (χ1n) is 8.32. The van der Waals surface area contributed by atoms with Gasteiger partial charge >= 0.3 is 5.97 Å². The topological polar surface area (TPSA) is 84.8 Å². The molecule has 1 N–H and O–H groups in total. The molecule has 0 atom stereocenters. The van der Waals surface area contributed by atoms with Crippen LogP contribution in [0.5, 0.6) is 0 Å². The SMILES string of the molecule is Cc1cccc(C(=O)OCC(C)(C)N=C2C/C=C\C=C/CS(=O)(=O)N2)c1. The standard InChI is InChI=1S/C19H24N2O4S/c1-15-9-8-10-16(13-15)18(22)25-14-19(2,3)20-17-11-6-4-5-7-12-26(23,24)21-17/h4-10,13H,11-12,14H2,1-3H3,(H,20,21)/b6-4-,7-5-. The maximum Gasteiger partial charge on any atom is 0.338 e. The number of hydrogen-bond acceptors (Lipinski definition) is 5. The number of aliphatic imine (C=N–C) groups is 1. The van der Waals surface area contributed by atoms with Crippen molar-refractivity contribution < 1.29 is 17.9 Å². The number of aryl methyl sites for hydroxylation is 1. The van der Waals surface area contributed by atoms with E-state index < -0.39 is 21.5 Å². The summed E-state index contributed by atoms with van der Waals surface area (Å²) in [6.45, 7) is 5.50. The van der Waals surface area contributed by atoms with E-state index in [-0.39, 0.29) is 12.4 Å². The number of nitrogens with one attached hydrogen (secondary N) is 1. The average Bonchev–Trinajstić information content (AvgIpc) is 2.62. The molecule has 0 amide bonds. The molecule has 0 spiro atoms. The fourth-order valence-corrected chi connectivity index (χ4v) is 3.28. The molecule has 0 unspecified atom stereocenters. The molecule has 26 heavy (non-hydrogen) atoms. The third kappa shape index (κ3) is 6.48. The van der Waals surface area contributed by atoms with Crippen LogP contribution in [-0.4, -0.2) is 38.1 Å². The highest BCUT2D eigenvalue weighted by atomic mass is 32.2. The van der Waals surface area contributed by atoms with Crippen molar-refractivity contribution in [2.24, 2.45) is 4.99 Å².